The third-order valence-corrected chi connectivity index (χ3v) is 6.89. The van der Waals surface area contributed by atoms with Crippen LogP contribution in [0.4, 0.5) is 0 Å². The molecule has 8 heteroatoms. The number of aliphatic imine (C=N–C) groups is 1. The molecule has 6 nitrogen and oxygen atoms in total. The largest absolute Gasteiger partial charge is 0.356 e. The third-order valence-electron chi connectivity index (χ3n) is 5.54. The SMILES string of the molecule is CN=C(NCCS(=O)(=O)NCC1CCC1)NCC1(c2ccccc2)CC1.I. The van der Waals surface area contributed by atoms with Gasteiger partial charge in [-0.05, 0) is 37.2 Å². The van der Waals surface area contributed by atoms with Gasteiger partial charge in [-0.3, -0.25) is 4.99 Å². The summed E-state index contributed by atoms with van der Waals surface area (Å²) in [6.07, 6.45) is 5.84. The van der Waals surface area contributed by atoms with Crippen molar-refractivity contribution in [1.29, 1.82) is 0 Å². The van der Waals surface area contributed by atoms with Crippen molar-refractivity contribution in [1.82, 2.24) is 15.4 Å². The van der Waals surface area contributed by atoms with Crippen molar-refractivity contribution in [2.24, 2.45) is 10.9 Å². The number of hydrogen-bond donors (Lipinski definition) is 3. The van der Waals surface area contributed by atoms with E-state index in [-0.39, 0.29) is 35.1 Å². The molecule has 2 fully saturated rings. The van der Waals surface area contributed by atoms with Gasteiger partial charge in [0, 0.05) is 32.1 Å². The third kappa shape index (κ3) is 6.60. The molecule has 1 aromatic rings. The summed E-state index contributed by atoms with van der Waals surface area (Å²) >= 11 is 0. The molecule has 0 unspecified atom stereocenters. The standard InChI is InChI=1S/C19H30N4O2S.HI/c1-20-18(21-12-13-26(24,25)23-14-16-6-5-7-16)22-15-19(10-11-19)17-8-3-2-4-9-17;/h2-4,8-9,16,23H,5-7,10-15H2,1H3,(H2,20,21,22);1H. The maximum atomic E-state index is 12.0. The molecule has 152 valence electrons. The predicted octanol–water partition coefficient (Wildman–Crippen LogP) is 2.22. The predicted molar refractivity (Wildman–Crippen MR) is 121 cm³/mol. The smallest absolute Gasteiger partial charge is 0.213 e. The second-order valence-corrected chi connectivity index (χ2v) is 9.39. The number of nitrogens with zero attached hydrogens (tertiary/aromatic N) is 1. The topological polar surface area (TPSA) is 82.6 Å². The highest BCUT2D eigenvalue weighted by atomic mass is 127. The number of rotatable bonds is 9. The van der Waals surface area contributed by atoms with E-state index in [4.69, 9.17) is 0 Å². The van der Waals surface area contributed by atoms with Crippen LogP contribution in [0.1, 0.15) is 37.7 Å². The van der Waals surface area contributed by atoms with Gasteiger partial charge in [0.1, 0.15) is 0 Å². The average Bonchev–Trinajstić information content (AvgIpc) is 3.38. The van der Waals surface area contributed by atoms with Gasteiger partial charge in [-0.25, -0.2) is 13.1 Å². The van der Waals surface area contributed by atoms with Crippen LogP contribution in [0.15, 0.2) is 35.3 Å². The van der Waals surface area contributed by atoms with E-state index in [0.29, 0.717) is 25.0 Å². The Kier molecular flexibility index (Phi) is 8.36. The highest BCUT2D eigenvalue weighted by Gasteiger charge is 2.43. The van der Waals surface area contributed by atoms with E-state index in [1.807, 2.05) is 6.07 Å². The summed E-state index contributed by atoms with van der Waals surface area (Å²) in [5, 5.41) is 6.46. The molecule has 0 aromatic heterocycles. The fraction of sp³-hybridized carbons (Fsp3) is 0.632. The minimum atomic E-state index is -3.23. The maximum Gasteiger partial charge on any atom is 0.213 e. The van der Waals surface area contributed by atoms with Crippen LogP contribution in [0.5, 0.6) is 0 Å². The summed E-state index contributed by atoms with van der Waals surface area (Å²) in [6, 6.07) is 10.5. The first-order valence-corrected chi connectivity index (χ1v) is 11.2. The first-order valence-electron chi connectivity index (χ1n) is 9.50. The Hall–Kier alpha value is -0.870. The van der Waals surface area contributed by atoms with E-state index >= 15 is 0 Å². The molecule has 0 bridgehead atoms. The van der Waals surface area contributed by atoms with Crippen LogP contribution >= 0.6 is 24.0 Å². The second kappa shape index (κ2) is 10.1. The van der Waals surface area contributed by atoms with Gasteiger partial charge in [-0.1, -0.05) is 36.8 Å². The molecule has 0 radical (unpaired) electrons. The van der Waals surface area contributed by atoms with Crippen LogP contribution in [0.2, 0.25) is 0 Å². The Balaban J connectivity index is 0.00000261. The molecule has 2 aliphatic rings. The van der Waals surface area contributed by atoms with Crippen molar-refractivity contribution in [2.45, 2.75) is 37.5 Å². The Morgan fingerprint density at radius 1 is 1.19 bits per heavy atom. The van der Waals surface area contributed by atoms with Crippen molar-refractivity contribution in [3.63, 3.8) is 0 Å². The number of sulfonamides is 1. The van der Waals surface area contributed by atoms with Crippen LogP contribution in [0, 0.1) is 5.92 Å². The van der Waals surface area contributed by atoms with E-state index < -0.39 is 10.0 Å². The second-order valence-electron chi connectivity index (χ2n) is 7.46. The molecule has 0 saturated heterocycles. The number of hydrogen-bond acceptors (Lipinski definition) is 3. The molecule has 3 N–H and O–H groups in total. The summed E-state index contributed by atoms with van der Waals surface area (Å²) in [7, 11) is -1.52. The van der Waals surface area contributed by atoms with Gasteiger partial charge in [0.25, 0.3) is 0 Å². The van der Waals surface area contributed by atoms with E-state index in [1.165, 1.54) is 24.8 Å². The van der Waals surface area contributed by atoms with Crippen LogP contribution in [0.25, 0.3) is 0 Å². The van der Waals surface area contributed by atoms with Crippen LogP contribution in [-0.4, -0.2) is 46.8 Å². The van der Waals surface area contributed by atoms with Gasteiger partial charge >= 0.3 is 0 Å². The first-order chi connectivity index (χ1) is 12.5. The van der Waals surface area contributed by atoms with Crippen molar-refractivity contribution < 1.29 is 8.42 Å². The highest BCUT2D eigenvalue weighted by Crippen LogP contribution is 2.47. The molecule has 2 saturated carbocycles. The van der Waals surface area contributed by atoms with Crippen molar-refractivity contribution >= 4 is 40.0 Å². The zero-order chi connectivity index (χ0) is 18.5. The summed E-state index contributed by atoms with van der Waals surface area (Å²) < 4.78 is 26.8. The lowest BCUT2D eigenvalue weighted by molar-refractivity contribution is 0.316. The number of benzene rings is 1. The molecular formula is C19H31IN4O2S. The lowest BCUT2D eigenvalue weighted by Gasteiger charge is -2.25. The monoisotopic (exact) mass is 506 g/mol. The Morgan fingerprint density at radius 3 is 2.44 bits per heavy atom. The van der Waals surface area contributed by atoms with Crippen molar-refractivity contribution in [3.8, 4) is 0 Å². The highest BCUT2D eigenvalue weighted by molar-refractivity contribution is 14.0. The molecular weight excluding hydrogens is 475 g/mol. The van der Waals surface area contributed by atoms with E-state index in [1.54, 1.807) is 7.05 Å². The minimum Gasteiger partial charge on any atom is -0.356 e. The fourth-order valence-electron chi connectivity index (χ4n) is 3.30. The van der Waals surface area contributed by atoms with Crippen LogP contribution < -0.4 is 15.4 Å². The molecule has 0 heterocycles. The zero-order valence-electron chi connectivity index (χ0n) is 15.9. The Morgan fingerprint density at radius 2 is 1.89 bits per heavy atom. The maximum absolute atomic E-state index is 12.0. The summed E-state index contributed by atoms with van der Waals surface area (Å²) in [4.78, 5) is 4.21. The Bertz CT molecular complexity index is 716. The van der Waals surface area contributed by atoms with E-state index in [2.05, 4.69) is 44.6 Å². The normalized spacial score (nSPS) is 18.9. The molecule has 2 aliphatic carbocycles. The van der Waals surface area contributed by atoms with E-state index in [0.717, 1.165) is 19.4 Å². The quantitative estimate of drug-likeness (QED) is 0.273. The van der Waals surface area contributed by atoms with Gasteiger partial charge in [0.2, 0.25) is 10.0 Å². The van der Waals surface area contributed by atoms with Crippen molar-refractivity contribution in [3.05, 3.63) is 35.9 Å². The van der Waals surface area contributed by atoms with E-state index in [9.17, 15) is 8.42 Å². The average molecular weight is 506 g/mol. The zero-order valence-corrected chi connectivity index (χ0v) is 19.1. The van der Waals surface area contributed by atoms with Gasteiger partial charge < -0.3 is 10.6 Å². The molecule has 27 heavy (non-hydrogen) atoms. The number of halogens is 1. The number of guanidine groups is 1. The molecule has 3 rings (SSSR count). The van der Waals surface area contributed by atoms with Crippen LogP contribution in [-0.2, 0) is 15.4 Å². The first kappa shape index (κ1) is 22.4. The van der Waals surface area contributed by atoms with Gasteiger partial charge in [-0.2, -0.15) is 0 Å². The molecule has 0 spiro atoms. The molecule has 1 aromatic carbocycles. The van der Waals surface area contributed by atoms with Crippen LogP contribution in [0.3, 0.4) is 0 Å². The molecule has 0 aliphatic heterocycles. The summed E-state index contributed by atoms with van der Waals surface area (Å²) in [6.45, 7) is 1.73. The lowest BCUT2D eigenvalue weighted by Crippen LogP contribution is -2.44. The van der Waals surface area contributed by atoms with Crippen molar-refractivity contribution in [2.75, 3.05) is 32.4 Å². The summed E-state index contributed by atoms with van der Waals surface area (Å²) in [5.74, 6) is 1.24. The fourth-order valence-corrected chi connectivity index (χ4v) is 4.31. The van der Waals surface area contributed by atoms with Gasteiger partial charge in [0.05, 0.1) is 5.75 Å². The molecule has 0 atom stereocenters. The molecule has 0 amide bonds. The number of nitrogens with one attached hydrogen (secondary N) is 3. The summed E-state index contributed by atoms with van der Waals surface area (Å²) in [5.41, 5.74) is 1.54. The minimum absolute atomic E-state index is 0. The lowest BCUT2D eigenvalue weighted by atomic mass is 9.86. The van der Waals surface area contributed by atoms with Gasteiger partial charge in [0.15, 0.2) is 5.96 Å². The van der Waals surface area contributed by atoms with Gasteiger partial charge in [-0.15, -0.1) is 24.0 Å². The Labute approximate surface area is 180 Å².